The summed E-state index contributed by atoms with van der Waals surface area (Å²) in [6.45, 7) is 0. The second kappa shape index (κ2) is 6.43. The van der Waals surface area contributed by atoms with Crippen molar-refractivity contribution in [2.75, 3.05) is 0 Å². The van der Waals surface area contributed by atoms with Gasteiger partial charge in [0.25, 0.3) is 0 Å². The Bertz CT molecular complexity index is 858. The number of hydrogen-bond donors (Lipinski definition) is 1. The van der Waals surface area contributed by atoms with Gasteiger partial charge >= 0.3 is 0 Å². The van der Waals surface area contributed by atoms with Crippen molar-refractivity contribution >= 4 is 84.8 Å². The number of fused-ring (bicyclic) bond motifs is 1. The van der Waals surface area contributed by atoms with Crippen LogP contribution in [0, 0.1) is 0 Å². The van der Waals surface area contributed by atoms with Crippen LogP contribution >= 0.6 is 73.9 Å². The van der Waals surface area contributed by atoms with E-state index >= 15 is 0 Å². The maximum atomic E-state index is 6.30. The van der Waals surface area contributed by atoms with E-state index in [1.54, 1.807) is 0 Å². The highest BCUT2D eigenvalue weighted by Gasteiger charge is 2.20. The average Bonchev–Trinajstić information content (AvgIpc) is 2.90. The summed E-state index contributed by atoms with van der Waals surface area (Å²) in [5, 5.41) is 2.32. The van der Waals surface area contributed by atoms with Gasteiger partial charge in [-0.15, -0.1) is 0 Å². The molecule has 1 N–H and O–H groups in total. The summed E-state index contributed by atoms with van der Waals surface area (Å²) in [6.07, 6.45) is 2.41. The first-order valence-electron chi connectivity index (χ1n) is 6.16. The second-order valence-electron chi connectivity index (χ2n) is 4.73. The molecule has 2 aromatic carbocycles. The van der Waals surface area contributed by atoms with Gasteiger partial charge in [-0.05, 0) is 29.3 Å². The number of nitrogens with one attached hydrogen (secondary N) is 1. The van der Waals surface area contributed by atoms with Crippen LogP contribution in [0.15, 0.2) is 28.9 Å². The minimum absolute atomic E-state index is 0.170. The van der Waals surface area contributed by atoms with Crippen LogP contribution in [-0.2, 0) is 6.42 Å². The lowest BCUT2D eigenvalue weighted by atomic mass is 10.0. The Kier molecular flexibility index (Phi) is 4.90. The van der Waals surface area contributed by atoms with Crippen molar-refractivity contribution < 1.29 is 0 Å². The molecule has 0 fully saturated rings. The number of halogens is 6. The van der Waals surface area contributed by atoms with Crippen LogP contribution in [0.1, 0.15) is 11.1 Å². The Morgan fingerprint density at radius 2 is 1.45 bits per heavy atom. The molecule has 0 spiro atoms. The van der Waals surface area contributed by atoms with Crippen LogP contribution < -0.4 is 0 Å². The molecule has 7 heteroatoms. The molecule has 1 aromatic heterocycles. The number of aromatic amines is 1. The van der Waals surface area contributed by atoms with Gasteiger partial charge in [-0.3, -0.25) is 0 Å². The van der Waals surface area contributed by atoms with Crippen molar-refractivity contribution in [1.29, 1.82) is 0 Å². The number of H-pyrrole nitrogens is 1. The molecule has 3 aromatic rings. The number of benzene rings is 2. The molecule has 0 saturated heterocycles. The number of aromatic nitrogens is 1. The van der Waals surface area contributed by atoms with E-state index in [1.165, 1.54) is 0 Å². The molecule has 0 atom stereocenters. The summed E-state index contributed by atoms with van der Waals surface area (Å²) >= 11 is 34.3. The first-order chi connectivity index (χ1) is 10.4. The maximum absolute atomic E-state index is 6.30. The zero-order valence-corrected chi connectivity index (χ0v) is 16.1. The van der Waals surface area contributed by atoms with Gasteiger partial charge in [-0.2, -0.15) is 0 Å². The van der Waals surface area contributed by atoms with Crippen molar-refractivity contribution in [2.45, 2.75) is 6.42 Å². The smallest absolute Gasteiger partial charge is 0.0809 e. The zero-order chi connectivity index (χ0) is 16.0. The fourth-order valence-corrected chi connectivity index (χ4v) is 3.97. The summed E-state index contributed by atoms with van der Waals surface area (Å²) in [7, 11) is 0. The second-order valence-corrected chi connectivity index (χ2v) is 7.53. The highest BCUT2D eigenvalue weighted by molar-refractivity contribution is 9.10. The van der Waals surface area contributed by atoms with Crippen LogP contribution in [0.2, 0.25) is 25.1 Å². The predicted molar refractivity (Wildman–Crippen MR) is 100 cm³/mol. The lowest BCUT2D eigenvalue weighted by Gasteiger charge is -2.12. The molecule has 0 bridgehead atoms. The molecule has 0 aliphatic rings. The lowest BCUT2D eigenvalue weighted by molar-refractivity contribution is 1.21. The normalized spacial score (nSPS) is 11.4. The van der Waals surface area contributed by atoms with E-state index in [0.717, 1.165) is 20.9 Å². The molecule has 0 amide bonds. The van der Waals surface area contributed by atoms with Crippen molar-refractivity contribution in [1.82, 2.24) is 4.98 Å². The van der Waals surface area contributed by atoms with Crippen LogP contribution in [0.25, 0.3) is 10.9 Å². The van der Waals surface area contributed by atoms with E-state index in [9.17, 15) is 0 Å². The Hall–Kier alpha value is -0.0900. The van der Waals surface area contributed by atoms with Gasteiger partial charge < -0.3 is 4.98 Å². The molecule has 22 heavy (non-hydrogen) atoms. The lowest BCUT2D eigenvalue weighted by Crippen LogP contribution is -1.93. The SMILES string of the molecule is Clc1c(Cl)c(Cl)c(Cc2c[nH]c3ccc(Br)cc23)c(Cl)c1Cl. The van der Waals surface area contributed by atoms with Crippen LogP contribution in [0.3, 0.4) is 0 Å². The van der Waals surface area contributed by atoms with Crippen LogP contribution in [-0.4, -0.2) is 4.98 Å². The largest absolute Gasteiger partial charge is 0.361 e. The minimum Gasteiger partial charge on any atom is -0.361 e. The summed E-state index contributed by atoms with van der Waals surface area (Å²) in [6, 6.07) is 5.99. The Labute approximate surface area is 160 Å². The van der Waals surface area contributed by atoms with Gasteiger partial charge in [-0.25, -0.2) is 0 Å². The van der Waals surface area contributed by atoms with Crippen LogP contribution in [0.5, 0.6) is 0 Å². The van der Waals surface area contributed by atoms with E-state index in [4.69, 9.17) is 58.0 Å². The van der Waals surface area contributed by atoms with E-state index in [1.807, 2.05) is 24.4 Å². The Morgan fingerprint density at radius 3 is 2.09 bits per heavy atom. The highest BCUT2D eigenvalue weighted by Crippen LogP contribution is 2.45. The zero-order valence-electron chi connectivity index (χ0n) is 10.8. The van der Waals surface area contributed by atoms with Crippen LogP contribution in [0.4, 0.5) is 0 Å². The van der Waals surface area contributed by atoms with Gasteiger partial charge in [0.2, 0.25) is 0 Å². The van der Waals surface area contributed by atoms with Gasteiger partial charge in [0, 0.05) is 28.0 Å². The van der Waals surface area contributed by atoms with E-state index in [-0.39, 0.29) is 15.1 Å². The quantitative estimate of drug-likeness (QED) is 0.298. The minimum atomic E-state index is 0.170. The fraction of sp³-hybridized carbons (Fsp3) is 0.0667. The summed E-state index contributed by atoms with van der Waals surface area (Å²) in [4.78, 5) is 3.22. The van der Waals surface area contributed by atoms with Crippen molar-refractivity contribution in [2.24, 2.45) is 0 Å². The van der Waals surface area contributed by atoms with Crippen molar-refractivity contribution in [3.05, 3.63) is 65.1 Å². The van der Waals surface area contributed by atoms with E-state index in [2.05, 4.69) is 20.9 Å². The molecule has 0 unspecified atom stereocenters. The summed E-state index contributed by atoms with van der Waals surface area (Å²) in [5.74, 6) is 0. The first-order valence-corrected chi connectivity index (χ1v) is 8.84. The molecule has 0 aliphatic carbocycles. The fourth-order valence-electron chi connectivity index (χ4n) is 2.29. The number of rotatable bonds is 2. The number of hydrogen-bond acceptors (Lipinski definition) is 0. The topological polar surface area (TPSA) is 15.8 Å². The predicted octanol–water partition coefficient (Wildman–Crippen LogP) is 7.79. The standard InChI is InChI=1S/C15H7BrCl5N/c16-7-1-2-10-8(4-7)6(5-22-10)3-9-11(17)13(19)15(21)14(20)12(9)18/h1-2,4-5,22H,3H2. The highest BCUT2D eigenvalue weighted by atomic mass is 79.9. The maximum Gasteiger partial charge on any atom is 0.0809 e. The first kappa shape index (κ1) is 16.8. The van der Waals surface area contributed by atoms with Crippen molar-refractivity contribution in [3.63, 3.8) is 0 Å². The van der Waals surface area contributed by atoms with Crippen molar-refractivity contribution in [3.8, 4) is 0 Å². The summed E-state index contributed by atoms with van der Waals surface area (Å²) in [5.41, 5.74) is 2.72. The monoisotopic (exact) mass is 455 g/mol. The molecule has 3 rings (SSSR count). The van der Waals surface area contributed by atoms with E-state index in [0.29, 0.717) is 22.0 Å². The third kappa shape index (κ3) is 2.86. The third-order valence-electron chi connectivity index (χ3n) is 3.40. The van der Waals surface area contributed by atoms with Gasteiger partial charge in [-0.1, -0.05) is 73.9 Å². The molecule has 1 nitrogen and oxygen atoms in total. The van der Waals surface area contributed by atoms with E-state index < -0.39 is 0 Å². The molecular formula is C15H7BrCl5N. The molecule has 114 valence electrons. The molecule has 0 saturated carbocycles. The Morgan fingerprint density at radius 1 is 0.864 bits per heavy atom. The molecule has 0 radical (unpaired) electrons. The van der Waals surface area contributed by atoms with Gasteiger partial charge in [0.05, 0.1) is 25.1 Å². The van der Waals surface area contributed by atoms with Gasteiger partial charge in [0.1, 0.15) is 0 Å². The molecular weight excluding hydrogens is 451 g/mol. The Balaban J connectivity index is 2.15. The molecule has 1 heterocycles. The average molecular weight is 458 g/mol. The molecule has 0 aliphatic heterocycles. The summed E-state index contributed by atoms with van der Waals surface area (Å²) < 4.78 is 0.991. The third-order valence-corrected chi connectivity index (χ3v) is 6.25. The van der Waals surface area contributed by atoms with Gasteiger partial charge in [0.15, 0.2) is 0 Å².